The van der Waals surface area contributed by atoms with Gasteiger partial charge in [-0.1, -0.05) is 54.6 Å². The van der Waals surface area contributed by atoms with Crippen LogP contribution in [-0.2, 0) is 0 Å². The summed E-state index contributed by atoms with van der Waals surface area (Å²) in [6.45, 7) is 1.96. The lowest BCUT2D eigenvalue weighted by molar-refractivity contribution is 0.0737. The number of rotatable bonds is 5. The van der Waals surface area contributed by atoms with E-state index in [4.69, 9.17) is 0 Å². The minimum atomic E-state index is -0.200. The SMILES string of the molecule is C[C@@H](c1cccc(NC(=O)c2ccccc2)c1)N(C)C(=O)c1ccc2ccccc2n1. The Morgan fingerprint density at radius 1 is 0.871 bits per heavy atom. The first-order valence-corrected chi connectivity index (χ1v) is 10.1. The molecular weight excluding hydrogens is 386 g/mol. The Labute approximate surface area is 181 Å². The maximum atomic E-state index is 13.0. The quantitative estimate of drug-likeness (QED) is 0.485. The van der Waals surface area contributed by atoms with E-state index in [2.05, 4.69) is 10.3 Å². The zero-order chi connectivity index (χ0) is 21.8. The van der Waals surface area contributed by atoms with E-state index in [-0.39, 0.29) is 17.9 Å². The first kappa shape index (κ1) is 20.3. The maximum absolute atomic E-state index is 13.0. The second-order valence-electron chi connectivity index (χ2n) is 7.43. The molecule has 0 aliphatic carbocycles. The van der Waals surface area contributed by atoms with Crippen molar-refractivity contribution in [1.29, 1.82) is 0 Å². The fourth-order valence-corrected chi connectivity index (χ4v) is 3.43. The number of benzene rings is 3. The minimum absolute atomic E-state index is 0.156. The summed E-state index contributed by atoms with van der Waals surface area (Å²) in [5, 5.41) is 3.92. The Bertz CT molecular complexity index is 1240. The van der Waals surface area contributed by atoms with Gasteiger partial charge in [-0.25, -0.2) is 4.98 Å². The highest BCUT2D eigenvalue weighted by atomic mass is 16.2. The highest BCUT2D eigenvalue weighted by Crippen LogP contribution is 2.24. The summed E-state index contributed by atoms with van der Waals surface area (Å²) in [5.41, 5.74) is 3.39. The molecule has 4 rings (SSSR count). The van der Waals surface area contributed by atoms with Gasteiger partial charge in [-0.15, -0.1) is 0 Å². The molecule has 5 nitrogen and oxygen atoms in total. The first-order chi connectivity index (χ1) is 15.0. The van der Waals surface area contributed by atoms with Crippen molar-refractivity contribution in [2.75, 3.05) is 12.4 Å². The maximum Gasteiger partial charge on any atom is 0.272 e. The third-order valence-electron chi connectivity index (χ3n) is 5.38. The van der Waals surface area contributed by atoms with Crippen LogP contribution in [-0.4, -0.2) is 28.7 Å². The molecule has 2 amide bonds. The molecule has 0 saturated carbocycles. The molecule has 3 aromatic carbocycles. The van der Waals surface area contributed by atoms with Crippen molar-refractivity contribution in [1.82, 2.24) is 9.88 Å². The van der Waals surface area contributed by atoms with Crippen LogP contribution in [0.15, 0.2) is 91.0 Å². The van der Waals surface area contributed by atoms with Gasteiger partial charge in [-0.05, 0) is 48.9 Å². The van der Waals surface area contributed by atoms with E-state index in [1.54, 1.807) is 30.1 Å². The Hall–Kier alpha value is -3.99. The number of amides is 2. The number of anilines is 1. The Kier molecular flexibility index (Phi) is 5.76. The Balaban J connectivity index is 1.51. The summed E-state index contributed by atoms with van der Waals surface area (Å²) in [5.74, 6) is -0.327. The van der Waals surface area contributed by atoms with E-state index in [1.165, 1.54) is 0 Å². The Morgan fingerprint density at radius 3 is 2.42 bits per heavy atom. The van der Waals surface area contributed by atoms with E-state index >= 15 is 0 Å². The third-order valence-corrected chi connectivity index (χ3v) is 5.38. The zero-order valence-corrected chi connectivity index (χ0v) is 17.4. The molecule has 0 saturated heterocycles. The normalized spacial score (nSPS) is 11.7. The molecule has 31 heavy (non-hydrogen) atoms. The van der Waals surface area contributed by atoms with Gasteiger partial charge in [0.15, 0.2) is 0 Å². The van der Waals surface area contributed by atoms with Gasteiger partial charge in [0, 0.05) is 23.7 Å². The predicted molar refractivity (Wildman–Crippen MR) is 123 cm³/mol. The topological polar surface area (TPSA) is 62.3 Å². The molecule has 4 aromatic rings. The van der Waals surface area contributed by atoms with Crippen LogP contribution in [0.2, 0.25) is 0 Å². The van der Waals surface area contributed by atoms with Crippen LogP contribution in [0.5, 0.6) is 0 Å². The van der Waals surface area contributed by atoms with Gasteiger partial charge in [-0.3, -0.25) is 9.59 Å². The molecule has 0 spiro atoms. The lowest BCUT2D eigenvalue weighted by atomic mass is 10.1. The molecule has 0 fully saturated rings. The molecule has 1 N–H and O–H groups in total. The molecule has 0 aliphatic heterocycles. The van der Waals surface area contributed by atoms with Gasteiger partial charge < -0.3 is 10.2 Å². The Morgan fingerprint density at radius 2 is 1.61 bits per heavy atom. The number of hydrogen-bond acceptors (Lipinski definition) is 3. The highest BCUT2D eigenvalue weighted by Gasteiger charge is 2.20. The van der Waals surface area contributed by atoms with Crippen molar-refractivity contribution in [2.45, 2.75) is 13.0 Å². The van der Waals surface area contributed by atoms with Gasteiger partial charge in [0.2, 0.25) is 0 Å². The fraction of sp³-hybridized carbons (Fsp3) is 0.115. The van der Waals surface area contributed by atoms with Gasteiger partial charge in [0.05, 0.1) is 11.6 Å². The number of hydrogen-bond donors (Lipinski definition) is 1. The number of fused-ring (bicyclic) bond motifs is 1. The number of nitrogens with zero attached hydrogens (tertiary/aromatic N) is 2. The molecule has 5 heteroatoms. The van der Waals surface area contributed by atoms with Gasteiger partial charge in [0.1, 0.15) is 5.69 Å². The molecule has 1 atom stereocenters. The summed E-state index contributed by atoms with van der Waals surface area (Å²) in [4.78, 5) is 31.7. The lowest BCUT2D eigenvalue weighted by Gasteiger charge is -2.25. The van der Waals surface area contributed by atoms with E-state index < -0.39 is 0 Å². The number of para-hydroxylation sites is 1. The van der Waals surface area contributed by atoms with Crippen molar-refractivity contribution in [2.24, 2.45) is 0 Å². The van der Waals surface area contributed by atoms with Crippen LogP contribution >= 0.6 is 0 Å². The lowest BCUT2D eigenvalue weighted by Crippen LogP contribution is -2.30. The first-order valence-electron chi connectivity index (χ1n) is 10.1. The molecule has 154 valence electrons. The summed E-state index contributed by atoms with van der Waals surface area (Å²) < 4.78 is 0. The average molecular weight is 409 g/mol. The number of carbonyl (C=O) groups is 2. The van der Waals surface area contributed by atoms with E-state index in [9.17, 15) is 9.59 Å². The fourth-order valence-electron chi connectivity index (χ4n) is 3.43. The average Bonchev–Trinajstić information content (AvgIpc) is 2.83. The minimum Gasteiger partial charge on any atom is -0.334 e. The van der Waals surface area contributed by atoms with Crippen LogP contribution in [0.4, 0.5) is 5.69 Å². The van der Waals surface area contributed by atoms with E-state index in [0.29, 0.717) is 16.9 Å². The highest BCUT2D eigenvalue weighted by molar-refractivity contribution is 6.04. The van der Waals surface area contributed by atoms with Gasteiger partial charge in [0.25, 0.3) is 11.8 Å². The molecule has 0 radical (unpaired) electrons. The van der Waals surface area contributed by atoms with Crippen LogP contribution in [0.1, 0.15) is 39.4 Å². The number of nitrogens with one attached hydrogen (secondary N) is 1. The molecule has 0 bridgehead atoms. The van der Waals surface area contributed by atoms with Crippen LogP contribution in [0.3, 0.4) is 0 Å². The molecule has 1 heterocycles. The second-order valence-corrected chi connectivity index (χ2v) is 7.43. The summed E-state index contributed by atoms with van der Waals surface area (Å²) in [6, 6.07) is 27.8. The van der Waals surface area contributed by atoms with Crippen LogP contribution in [0, 0.1) is 0 Å². The number of carbonyl (C=O) groups excluding carboxylic acids is 2. The molecular formula is C26H23N3O2. The molecule has 1 aromatic heterocycles. The largest absolute Gasteiger partial charge is 0.334 e. The third kappa shape index (κ3) is 4.46. The number of pyridine rings is 1. The number of aromatic nitrogens is 1. The van der Waals surface area contributed by atoms with Gasteiger partial charge >= 0.3 is 0 Å². The van der Waals surface area contributed by atoms with Crippen LogP contribution < -0.4 is 5.32 Å². The predicted octanol–water partition coefficient (Wildman–Crippen LogP) is 5.32. The van der Waals surface area contributed by atoms with Crippen molar-refractivity contribution in [3.63, 3.8) is 0 Å². The van der Waals surface area contributed by atoms with Crippen molar-refractivity contribution in [3.8, 4) is 0 Å². The van der Waals surface area contributed by atoms with Crippen molar-refractivity contribution >= 4 is 28.4 Å². The van der Waals surface area contributed by atoms with Crippen LogP contribution in [0.25, 0.3) is 10.9 Å². The van der Waals surface area contributed by atoms with Gasteiger partial charge in [-0.2, -0.15) is 0 Å². The summed E-state index contributed by atoms with van der Waals surface area (Å²) in [6.07, 6.45) is 0. The summed E-state index contributed by atoms with van der Waals surface area (Å²) >= 11 is 0. The van der Waals surface area contributed by atoms with E-state index in [1.807, 2.05) is 79.7 Å². The standard InChI is InChI=1S/C26H23N3O2/c1-18(29(2)26(31)24-16-15-19-9-6-7-14-23(19)28-24)21-12-8-13-22(17-21)27-25(30)20-10-4-3-5-11-20/h3-18H,1-2H3,(H,27,30)/t18-/m0/s1. The smallest absolute Gasteiger partial charge is 0.272 e. The van der Waals surface area contributed by atoms with E-state index in [0.717, 1.165) is 16.5 Å². The summed E-state index contributed by atoms with van der Waals surface area (Å²) in [7, 11) is 1.76. The monoisotopic (exact) mass is 409 g/mol. The second kappa shape index (κ2) is 8.79. The van der Waals surface area contributed by atoms with Crippen molar-refractivity contribution in [3.05, 3.63) is 108 Å². The van der Waals surface area contributed by atoms with Crippen molar-refractivity contribution < 1.29 is 9.59 Å². The molecule has 0 unspecified atom stereocenters. The molecule has 0 aliphatic rings. The zero-order valence-electron chi connectivity index (χ0n) is 17.4.